The number of hydrogen-bond donors (Lipinski definition) is 1. The molecule has 2 N–H and O–H groups in total. The number of carbonyl (C=O) groups is 1. The van der Waals surface area contributed by atoms with Gasteiger partial charge in [0.05, 0.1) is 5.56 Å². The van der Waals surface area contributed by atoms with Crippen molar-refractivity contribution in [2.75, 3.05) is 20.2 Å². The Balaban J connectivity index is 1.91. The molecule has 144 valence electrons. The average Bonchev–Trinajstić information content (AvgIpc) is 3.00. The molecular weight excluding hydrogens is 465 g/mol. The summed E-state index contributed by atoms with van der Waals surface area (Å²) in [5.74, 6) is -1.55. The van der Waals surface area contributed by atoms with E-state index in [0.29, 0.717) is 17.7 Å². The van der Waals surface area contributed by atoms with Crippen LogP contribution >= 0.6 is 22.6 Å². The zero-order valence-corrected chi connectivity index (χ0v) is 17.1. The maximum absolute atomic E-state index is 14.2. The Morgan fingerprint density at radius 3 is 2.70 bits per heavy atom. The molecule has 1 saturated heterocycles. The molecule has 27 heavy (non-hydrogen) atoms. The molecular formula is C20H21F2IN2O2. The Labute approximate surface area is 170 Å². The van der Waals surface area contributed by atoms with Gasteiger partial charge in [0.1, 0.15) is 24.0 Å². The van der Waals surface area contributed by atoms with Crippen molar-refractivity contribution in [1.29, 1.82) is 0 Å². The molecule has 0 unspecified atom stereocenters. The van der Waals surface area contributed by atoms with Crippen LogP contribution < -0.4 is 10.5 Å². The number of carbonyl (C=O) groups excluding carboxylic acids is 1. The standard InChI is InChI=1S/C20H21F2IN2O2/c1-25-6-2-3-16(25)11-27-18-9-14(21)8-13(19(18)20(24)26)7-12-4-5-15(23)10-17(12)22/h4-5,8-10,16H,2-3,6-7,11H2,1H3,(H2,24,26)/t16-/m0/s1. The quantitative estimate of drug-likeness (QED) is 0.634. The highest BCUT2D eigenvalue weighted by Gasteiger charge is 2.24. The van der Waals surface area contributed by atoms with E-state index in [0.717, 1.165) is 23.0 Å². The summed E-state index contributed by atoms with van der Waals surface area (Å²) in [6.45, 7) is 1.33. The summed E-state index contributed by atoms with van der Waals surface area (Å²) in [7, 11) is 2.01. The molecule has 0 saturated carbocycles. The third-order valence-electron chi connectivity index (χ3n) is 4.89. The van der Waals surface area contributed by atoms with Crippen LogP contribution in [-0.4, -0.2) is 37.0 Å². The van der Waals surface area contributed by atoms with Crippen LogP contribution in [0.5, 0.6) is 5.75 Å². The molecule has 1 aliphatic heterocycles. The van der Waals surface area contributed by atoms with Crippen LogP contribution in [0.1, 0.15) is 34.3 Å². The van der Waals surface area contributed by atoms with Crippen molar-refractivity contribution in [3.63, 3.8) is 0 Å². The van der Waals surface area contributed by atoms with E-state index in [1.807, 2.05) is 29.6 Å². The molecule has 4 nitrogen and oxygen atoms in total. The van der Waals surface area contributed by atoms with Crippen molar-refractivity contribution in [1.82, 2.24) is 4.90 Å². The van der Waals surface area contributed by atoms with Crippen LogP contribution in [-0.2, 0) is 6.42 Å². The lowest BCUT2D eigenvalue weighted by Crippen LogP contribution is -2.31. The van der Waals surface area contributed by atoms with E-state index in [4.69, 9.17) is 10.5 Å². The molecule has 2 aromatic rings. The number of hydrogen-bond acceptors (Lipinski definition) is 3. The second kappa shape index (κ2) is 8.52. The molecule has 2 aromatic carbocycles. The van der Waals surface area contributed by atoms with Gasteiger partial charge in [-0.15, -0.1) is 0 Å². The fraction of sp³-hybridized carbons (Fsp3) is 0.350. The van der Waals surface area contributed by atoms with Crippen LogP contribution in [0.25, 0.3) is 0 Å². The predicted molar refractivity (Wildman–Crippen MR) is 108 cm³/mol. The van der Waals surface area contributed by atoms with Crippen LogP contribution in [0.2, 0.25) is 0 Å². The number of primary amides is 1. The fourth-order valence-corrected chi connectivity index (χ4v) is 3.87. The second-order valence-electron chi connectivity index (χ2n) is 6.80. The smallest absolute Gasteiger partial charge is 0.252 e. The number of amides is 1. The van der Waals surface area contributed by atoms with E-state index in [1.165, 1.54) is 18.2 Å². The van der Waals surface area contributed by atoms with Gasteiger partial charge in [-0.2, -0.15) is 0 Å². The maximum atomic E-state index is 14.2. The van der Waals surface area contributed by atoms with E-state index < -0.39 is 17.5 Å². The summed E-state index contributed by atoms with van der Waals surface area (Å²) < 4.78 is 34.9. The van der Waals surface area contributed by atoms with Crippen LogP contribution in [0.3, 0.4) is 0 Å². The molecule has 0 radical (unpaired) electrons. The molecule has 0 spiro atoms. The van der Waals surface area contributed by atoms with Gasteiger partial charge < -0.3 is 15.4 Å². The zero-order chi connectivity index (χ0) is 19.6. The van der Waals surface area contributed by atoms with E-state index in [9.17, 15) is 13.6 Å². The number of rotatable bonds is 6. The lowest BCUT2D eigenvalue weighted by Gasteiger charge is -2.21. The minimum Gasteiger partial charge on any atom is -0.491 e. The summed E-state index contributed by atoms with van der Waals surface area (Å²) in [6.07, 6.45) is 2.12. The van der Waals surface area contributed by atoms with Crippen molar-refractivity contribution < 1.29 is 18.3 Å². The highest BCUT2D eigenvalue weighted by atomic mass is 127. The van der Waals surface area contributed by atoms with E-state index in [-0.39, 0.29) is 23.8 Å². The predicted octanol–water partition coefficient (Wildman–Crippen LogP) is 3.73. The molecule has 1 amide bonds. The van der Waals surface area contributed by atoms with Crippen molar-refractivity contribution >= 4 is 28.5 Å². The van der Waals surface area contributed by atoms with Gasteiger partial charge in [0.15, 0.2) is 0 Å². The Bertz CT molecular complexity index is 860. The van der Waals surface area contributed by atoms with Crippen LogP contribution in [0, 0.1) is 15.2 Å². The Hall–Kier alpha value is -1.74. The van der Waals surface area contributed by atoms with Gasteiger partial charge in [-0.05, 0) is 78.4 Å². The lowest BCUT2D eigenvalue weighted by atomic mass is 9.98. The van der Waals surface area contributed by atoms with Crippen molar-refractivity contribution in [2.45, 2.75) is 25.3 Å². The van der Waals surface area contributed by atoms with Crippen LogP contribution in [0.15, 0.2) is 30.3 Å². The van der Waals surface area contributed by atoms with Crippen molar-refractivity contribution in [2.24, 2.45) is 5.73 Å². The first kappa shape index (κ1) is 20.0. The molecule has 3 rings (SSSR count). The molecule has 1 atom stereocenters. The lowest BCUT2D eigenvalue weighted by molar-refractivity contribution is 0.0993. The summed E-state index contributed by atoms with van der Waals surface area (Å²) in [5, 5.41) is 0. The van der Waals surface area contributed by atoms with Crippen molar-refractivity contribution in [3.8, 4) is 5.75 Å². The van der Waals surface area contributed by atoms with Gasteiger partial charge in [0.2, 0.25) is 0 Å². The number of benzene rings is 2. The summed E-state index contributed by atoms with van der Waals surface area (Å²) >= 11 is 2.01. The Morgan fingerprint density at radius 2 is 2.07 bits per heavy atom. The minimum absolute atomic E-state index is 0.0540. The molecule has 0 aliphatic carbocycles. The molecule has 1 heterocycles. The maximum Gasteiger partial charge on any atom is 0.252 e. The topological polar surface area (TPSA) is 55.6 Å². The number of ether oxygens (including phenoxy) is 1. The van der Waals surface area contributed by atoms with Crippen LogP contribution in [0.4, 0.5) is 8.78 Å². The number of nitrogens with two attached hydrogens (primary N) is 1. The normalized spacial score (nSPS) is 17.3. The van der Waals surface area contributed by atoms with E-state index in [2.05, 4.69) is 4.90 Å². The molecule has 7 heteroatoms. The third kappa shape index (κ3) is 4.76. The number of nitrogens with zero attached hydrogens (tertiary/aromatic N) is 1. The molecule has 0 aromatic heterocycles. The van der Waals surface area contributed by atoms with Gasteiger partial charge >= 0.3 is 0 Å². The monoisotopic (exact) mass is 486 g/mol. The second-order valence-corrected chi connectivity index (χ2v) is 8.05. The molecule has 0 bridgehead atoms. The van der Waals surface area contributed by atoms with Crippen molar-refractivity contribution in [3.05, 3.63) is 62.2 Å². The van der Waals surface area contributed by atoms with E-state index >= 15 is 0 Å². The number of halogens is 3. The summed E-state index contributed by atoms with van der Waals surface area (Å²) in [6, 6.07) is 7.38. The first-order valence-corrected chi connectivity index (χ1v) is 9.82. The largest absolute Gasteiger partial charge is 0.491 e. The summed E-state index contributed by atoms with van der Waals surface area (Å²) in [4.78, 5) is 14.2. The zero-order valence-electron chi connectivity index (χ0n) is 15.0. The highest BCUT2D eigenvalue weighted by molar-refractivity contribution is 14.1. The number of likely N-dealkylation sites (N-methyl/N-ethyl adjacent to an activating group) is 1. The molecule has 1 aliphatic rings. The van der Waals surface area contributed by atoms with Gasteiger partial charge in [0, 0.05) is 22.1 Å². The van der Waals surface area contributed by atoms with E-state index in [1.54, 1.807) is 12.1 Å². The summed E-state index contributed by atoms with van der Waals surface area (Å²) in [5.41, 5.74) is 6.33. The first-order valence-electron chi connectivity index (χ1n) is 8.74. The third-order valence-corrected chi connectivity index (χ3v) is 5.56. The minimum atomic E-state index is -0.717. The molecule has 1 fully saturated rings. The average molecular weight is 486 g/mol. The fourth-order valence-electron chi connectivity index (χ4n) is 3.41. The SMILES string of the molecule is CN1CCC[C@H]1COc1cc(F)cc(Cc2ccc(I)cc2F)c1C(N)=O. The van der Waals surface area contributed by atoms with Gasteiger partial charge in [-0.3, -0.25) is 4.79 Å². The number of likely N-dealkylation sites (tertiary alicyclic amines) is 1. The van der Waals surface area contributed by atoms with Gasteiger partial charge in [-0.25, -0.2) is 8.78 Å². The first-order chi connectivity index (χ1) is 12.8. The Morgan fingerprint density at radius 1 is 1.30 bits per heavy atom. The van der Waals surface area contributed by atoms with Gasteiger partial charge in [-0.1, -0.05) is 6.07 Å². The Kier molecular flexibility index (Phi) is 6.31. The van der Waals surface area contributed by atoms with Gasteiger partial charge in [0.25, 0.3) is 5.91 Å². The highest BCUT2D eigenvalue weighted by Crippen LogP contribution is 2.28.